The lowest BCUT2D eigenvalue weighted by molar-refractivity contribution is -0.120. The van der Waals surface area contributed by atoms with Gasteiger partial charge < -0.3 is 10.5 Å². The third-order valence-corrected chi connectivity index (χ3v) is 6.00. The van der Waals surface area contributed by atoms with Crippen molar-refractivity contribution in [2.45, 2.75) is 49.7 Å². The highest BCUT2D eigenvalue weighted by atomic mass is 35.5. The Morgan fingerprint density at radius 3 is 2.68 bits per heavy atom. The number of para-hydroxylation sites is 1. The van der Waals surface area contributed by atoms with Crippen LogP contribution in [0.2, 0.25) is 5.02 Å². The smallest absolute Gasteiger partial charge is 0.318 e. The number of imide groups is 1. The van der Waals surface area contributed by atoms with E-state index in [4.69, 9.17) is 22.1 Å². The summed E-state index contributed by atoms with van der Waals surface area (Å²) in [6.45, 7) is 4.02. The molecule has 1 heterocycles. The molecule has 1 aromatic carbocycles. The summed E-state index contributed by atoms with van der Waals surface area (Å²) in [6, 6.07) is 6.65. The van der Waals surface area contributed by atoms with Crippen LogP contribution in [-0.2, 0) is 11.4 Å². The molecule has 1 aliphatic carbocycles. The van der Waals surface area contributed by atoms with Crippen LogP contribution in [0.25, 0.3) is 0 Å². The van der Waals surface area contributed by atoms with E-state index in [9.17, 15) is 9.59 Å². The van der Waals surface area contributed by atoms with Crippen LogP contribution < -0.4 is 15.8 Å². The second-order valence-electron chi connectivity index (χ2n) is 6.86. The van der Waals surface area contributed by atoms with Crippen LogP contribution >= 0.6 is 23.4 Å². The number of benzene rings is 1. The van der Waals surface area contributed by atoms with Gasteiger partial charge >= 0.3 is 6.03 Å². The van der Waals surface area contributed by atoms with Crippen LogP contribution in [0, 0.1) is 5.92 Å². The summed E-state index contributed by atoms with van der Waals surface area (Å²) in [4.78, 5) is 23.4. The first kappa shape index (κ1) is 20.5. The number of thioether (sulfide) groups is 1. The monoisotopic (exact) mass is 423 g/mol. The first-order chi connectivity index (χ1) is 13.4. The summed E-state index contributed by atoms with van der Waals surface area (Å²) in [5, 5.41) is 11.3. The number of rotatable bonds is 8. The number of nitrogens with one attached hydrogen (secondary N) is 1. The van der Waals surface area contributed by atoms with Crippen molar-refractivity contribution in [3.05, 3.63) is 35.1 Å². The number of urea groups is 1. The van der Waals surface area contributed by atoms with Gasteiger partial charge in [-0.25, -0.2) is 4.79 Å². The summed E-state index contributed by atoms with van der Waals surface area (Å²) in [5.74, 6) is 0.774. The minimum absolute atomic E-state index is 0.0310. The van der Waals surface area contributed by atoms with Gasteiger partial charge in [0.25, 0.3) is 0 Å². The minimum Gasteiger partial charge on any atom is -0.484 e. The lowest BCUT2D eigenvalue weighted by Crippen LogP contribution is -2.42. The van der Waals surface area contributed by atoms with Crippen LogP contribution in [-0.4, -0.2) is 32.0 Å². The Labute approximate surface area is 172 Å². The van der Waals surface area contributed by atoms with E-state index in [0.29, 0.717) is 21.8 Å². The largest absolute Gasteiger partial charge is 0.484 e. The molecule has 1 unspecified atom stereocenters. The van der Waals surface area contributed by atoms with Gasteiger partial charge in [0, 0.05) is 6.04 Å². The van der Waals surface area contributed by atoms with Crippen LogP contribution in [0.15, 0.2) is 29.4 Å². The molecule has 1 saturated carbocycles. The zero-order chi connectivity index (χ0) is 20.3. The van der Waals surface area contributed by atoms with Gasteiger partial charge in [-0.15, -0.1) is 10.2 Å². The van der Waals surface area contributed by atoms with Crippen molar-refractivity contribution in [1.82, 2.24) is 20.1 Å². The molecule has 0 bridgehead atoms. The Balaban J connectivity index is 1.77. The van der Waals surface area contributed by atoms with Crippen LogP contribution in [0.1, 0.15) is 38.6 Å². The highest BCUT2D eigenvalue weighted by Gasteiger charge is 2.33. The normalized spacial score (nSPS) is 14.7. The fourth-order valence-corrected chi connectivity index (χ4v) is 4.00. The summed E-state index contributed by atoms with van der Waals surface area (Å²) >= 11 is 7.41. The van der Waals surface area contributed by atoms with Gasteiger partial charge in [0.05, 0.1) is 10.3 Å². The molecule has 3 amide bonds. The molecule has 0 spiro atoms. The molecule has 1 fully saturated rings. The molecule has 10 heteroatoms. The molecule has 28 heavy (non-hydrogen) atoms. The highest BCUT2D eigenvalue weighted by Crippen LogP contribution is 2.40. The molecule has 8 nitrogen and oxygen atoms in total. The standard InChI is InChI=1S/C18H22ClN5O3S/c1-10(2)15(16(25)21-17(20)26)28-18-23-22-14(24(18)11-7-8-11)9-27-13-6-4-3-5-12(13)19/h3-6,10-11,15H,7-9H2,1-2H3,(H3,20,21,25,26). The number of ether oxygens (including phenoxy) is 1. The third kappa shape index (κ3) is 4.96. The van der Waals surface area contributed by atoms with E-state index in [-0.39, 0.29) is 18.6 Å². The van der Waals surface area contributed by atoms with Crippen molar-refractivity contribution in [1.29, 1.82) is 0 Å². The molecule has 1 atom stereocenters. The Morgan fingerprint density at radius 2 is 2.07 bits per heavy atom. The average Bonchev–Trinajstić information content (AvgIpc) is 3.38. The zero-order valence-corrected chi connectivity index (χ0v) is 17.2. The van der Waals surface area contributed by atoms with E-state index >= 15 is 0 Å². The number of hydrogen-bond donors (Lipinski definition) is 2. The van der Waals surface area contributed by atoms with Gasteiger partial charge in [0.1, 0.15) is 12.4 Å². The quantitative estimate of drug-likeness (QED) is 0.630. The number of nitrogens with zero attached hydrogens (tertiary/aromatic N) is 3. The molecule has 3 rings (SSSR count). The van der Waals surface area contributed by atoms with Crippen molar-refractivity contribution in [2.75, 3.05) is 0 Å². The second-order valence-corrected chi connectivity index (χ2v) is 8.37. The van der Waals surface area contributed by atoms with Crippen LogP contribution in [0.5, 0.6) is 5.75 Å². The van der Waals surface area contributed by atoms with Crippen molar-refractivity contribution in [3.63, 3.8) is 0 Å². The number of amides is 3. The lowest BCUT2D eigenvalue weighted by atomic mass is 10.1. The fourth-order valence-electron chi connectivity index (χ4n) is 2.69. The molecule has 0 saturated heterocycles. The van der Waals surface area contributed by atoms with Gasteiger partial charge in [-0.05, 0) is 30.9 Å². The minimum atomic E-state index is -0.867. The fraction of sp³-hybridized carbons (Fsp3) is 0.444. The van der Waals surface area contributed by atoms with E-state index in [1.807, 2.05) is 30.5 Å². The van der Waals surface area contributed by atoms with Crippen molar-refractivity contribution >= 4 is 35.3 Å². The van der Waals surface area contributed by atoms with Crippen molar-refractivity contribution in [3.8, 4) is 5.75 Å². The SMILES string of the molecule is CC(C)C(Sc1nnc(COc2ccccc2Cl)n1C1CC1)C(=O)NC(N)=O. The predicted octanol–water partition coefficient (Wildman–Crippen LogP) is 3.16. The molecule has 3 N–H and O–H groups in total. The molecule has 1 aliphatic rings. The maximum atomic E-state index is 12.3. The maximum absolute atomic E-state index is 12.3. The number of primary amides is 1. The van der Waals surface area contributed by atoms with Crippen LogP contribution in [0.4, 0.5) is 4.79 Å². The van der Waals surface area contributed by atoms with E-state index in [2.05, 4.69) is 15.5 Å². The number of carbonyl (C=O) groups is 2. The van der Waals surface area contributed by atoms with Gasteiger partial charge in [0.15, 0.2) is 11.0 Å². The average molecular weight is 424 g/mol. The number of carbonyl (C=O) groups excluding carboxylic acids is 2. The predicted molar refractivity (Wildman–Crippen MR) is 106 cm³/mol. The van der Waals surface area contributed by atoms with E-state index in [1.165, 1.54) is 11.8 Å². The number of hydrogen-bond acceptors (Lipinski definition) is 6. The molecular weight excluding hydrogens is 402 g/mol. The molecule has 0 aliphatic heterocycles. The molecule has 1 aromatic heterocycles. The lowest BCUT2D eigenvalue weighted by Gasteiger charge is -2.19. The Hall–Kier alpha value is -2.26. The maximum Gasteiger partial charge on any atom is 0.318 e. The Morgan fingerprint density at radius 1 is 1.36 bits per heavy atom. The third-order valence-electron chi connectivity index (χ3n) is 4.18. The first-order valence-corrected chi connectivity index (χ1v) is 10.2. The van der Waals surface area contributed by atoms with E-state index in [0.717, 1.165) is 12.8 Å². The topological polar surface area (TPSA) is 112 Å². The molecular formula is C18H22ClN5O3S. The van der Waals surface area contributed by atoms with E-state index < -0.39 is 17.2 Å². The highest BCUT2D eigenvalue weighted by molar-refractivity contribution is 8.00. The molecule has 0 radical (unpaired) electrons. The number of nitrogens with two attached hydrogens (primary N) is 1. The molecule has 2 aromatic rings. The Bertz CT molecular complexity index is 869. The van der Waals surface area contributed by atoms with Gasteiger partial charge in [0.2, 0.25) is 5.91 Å². The summed E-state index contributed by atoms with van der Waals surface area (Å²) in [6.07, 6.45) is 2.04. The van der Waals surface area contributed by atoms with Gasteiger partial charge in [-0.2, -0.15) is 0 Å². The van der Waals surface area contributed by atoms with Crippen molar-refractivity contribution in [2.24, 2.45) is 11.7 Å². The summed E-state index contributed by atoms with van der Waals surface area (Å²) in [5.41, 5.74) is 5.08. The number of aromatic nitrogens is 3. The first-order valence-electron chi connectivity index (χ1n) is 8.95. The van der Waals surface area contributed by atoms with Crippen LogP contribution in [0.3, 0.4) is 0 Å². The summed E-state index contributed by atoms with van der Waals surface area (Å²) < 4.78 is 7.81. The zero-order valence-electron chi connectivity index (χ0n) is 15.6. The van der Waals surface area contributed by atoms with Gasteiger partial charge in [-0.1, -0.05) is 49.3 Å². The van der Waals surface area contributed by atoms with E-state index in [1.54, 1.807) is 12.1 Å². The molecule has 150 valence electrons. The van der Waals surface area contributed by atoms with Gasteiger partial charge in [-0.3, -0.25) is 14.7 Å². The second kappa shape index (κ2) is 8.83. The van der Waals surface area contributed by atoms with Crippen molar-refractivity contribution < 1.29 is 14.3 Å². The summed E-state index contributed by atoms with van der Waals surface area (Å²) in [7, 11) is 0. The Kier molecular flexibility index (Phi) is 6.46. The number of halogens is 1.